The van der Waals surface area contributed by atoms with Crippen molar-refractivity contribution in [2.45, 2.75) is 34.6 Å². The molecule has 0 saturated carbocycles. The molecular weight excluding hydrogens is 448 g/mol. The average Bonchev–Trinajstić information content (AvgIpc) is 3.22. The molecule has 0 spiro atoms. The van der Waals surface area contributed by atoms with Gasteiger partial charge in [-0.2, -0.15) is 12.1 Å². The molecule has 4 aromatic carbocycles. The van der Waals surface area contributed by atoms with Crippen molar-refractivity contribution < 1.29 is 35.6 Å². The summed E-state index contributed by atoms with van der Waals surface area (Å²) in [5.41, 5.74) is 5.55. The first-order chi connectivity index (χ1) is 12.0. The summed E-state index contributed by atoms with van der Waals surface area (Å²) in [5.74, 6) is 0. The van der Waals surface area contributed by atoms with Gasteiger partial charge in [0.2, 0.25) is 0 Å². The Morgan fingerprint density at radius 3 is 1.36 bits per heavy atom. The zero-order valence-corrected chi connectivity index (χ0v) is 20.4. The van der Waals surface area contributed by atoms with Crippen LogP contribution in [0.1, 0.15) is 29.2 Å². The molecule has 0 fully saturated rings. The number of halogens is 2. The molecule has 4 aromatic rings. The van der Waals surface area contributed by atoms with Gasteiger partial charge in [-0.3, -0.25) is 0 Å². The van der Waals surface area contributed by atoms with Gasteiger partial charge in [0.05, 0.1) is 0 Å². The summed E-state index contributed by atoms with van der Waals surface area (Å²) in [4.78, 5) is 0. The fraction of sp³-hybridized carbons (Fsp3) is 0.250. The van der Waals surface area contributed by atoms with Gasteiger partial charge in [-0.1, -0.05) is 52.0 Å². The molecule has 4 rings (SSSR count). The van der Waals surface area contributed by atoms with E-state index in [-0.39, 0.29) is 43.5 Å². The van der Waals surface area contributed by atoms with Crippen LogP contribution in [-0.4, -0.2) is 6.16 Å². The molecular formula is C24H25F2PZr. The monoisotopic (exact) mass is 472 g/mol. The van der Waals surface area contributed by atoms with Crippen LogP contribution in [0.4, 0.5) is 0 Å². The maximum Gasteiger partial charge on any atom is 4.00 e. The average molecular weight is 474 g/mol. The minimum Gasteiger partial charge on any atom is -1.00 e. The number of rotatable bonds is 3. The second kappa shape index (κ2) is 9.55. The molecule has 0 unspecified atom stereocenters. The minimum atomic E-state index is -0.292. The number of aryl methyl sites for hydroxylation is 4. The first kappa shape index (κ1) is 24.9. The Kier molecular flexibility index (Phi) is 8.49. The van der Waals surface area contributed by atoms with Gasteiger partial charge in [-0.25, -0.2) is 0 Å². The molecule has 0 nitrogen and oxygen atoms in total. The normalized spacial score (nSPS) is 10.6. The molecule has 4 heteroatoms. The molecule has 144 valence electrons. The molecule has 0 aliphatic heterocycles. The second-order valence-corrected chi connectivity index (χ2v) is 9.75. The van der Waals surface area contributed by atoms with Gasteiger partial charge in [0.25, 0.3) is 0 Å². The van der Waals surface area contributed by atoms with Gasteiger partial charge in [0, 0.05) is 0 Å². The minimum absolute atomic E-state index is 0. The molecule has 0 N–H and O–H groups in total. The Morgan fingerprint density at radius 1 is 0.679 bits per heavy atom. The fourth-order valence-electron chi connectivity index (χ4n) is 3.98. The van der Waals surface area contributed by atoms with Crippen LogP contribution in [0, 0.1) is 27.7 Å². The van der Waals surface area contributed by atoms with Gasteiger partial charge in [0.15, 0.2) is 0 Å². The number of hydrogen-bond donors (Lipinski definition) is 0. The first-order valence-electron chi connectivity index (χ1n) is 9.10. The maximum absolute atomic E-state index is 2.45. The van der Waals surface area contributed by atoms with E-state index in [0.717, 1.165) is 0 Å². The zero-order valence-electron chi connectivity index (χ0n) is 17.0. The summed E-state index contributed by atoms with van der Waals surface area (Å²) in [6.45, 7) is 11.2. The molecule has 0 bridgehead atoms. The van der Waals surface area contributed by atoms with Crippen LogP contribution in [-0.2, 0) is 26.2 Å². The third-order valence-electron chi connectivity index (χ3n) is 5.55. The molecule has 0 aliphatic carbocycles. The second-order valence-electron chi connectivity index (χ2n) is 7.22. The van der Waals surface area contributed by atoms with E-state index in [0.29, 0.717) is 0 Å². The van der Waals surface area contributed by atoms with Crippen LogP contribution in [0.2, 0.25) is 0 Å². The molecule has 0 saturated heterocycles. The van der Waals surface area contributed by atoms with Gasteiger partial charge in [-0.15, -0.1) is 67.5 Å². The van der Waals surface area contributed by atoms with Crippen molar-refractivity contribution in [3.63, 3.8) is 0 Å². The summed E-state index contributed by atoms with van der Waals surface area (Å²) in [6, 6.07) is 18.8. The third-order valence-corrected chi connectivity index (χ3v) is 7.95. The largest absolute Gasteiger partial charge is 4.00 e. The van der Waals surface area contributed by atoms with Crippen molar-refractivity contribution in [3.8, 4) is 0 Å². The molecule has 0 aliphatic rings. The van der Waals surface area contributed by atoms with Gasteiger partial charge in [0.1, 0.15) is 0 Å². The summed E-state index contributed by atoms with van der Waals surface area (Å²) >= 11 is 0. The fourth-order valence-corrected chi connectivity index (χ4v) is 6.14. The van der Waals surface area contributed by atoms with Gasteiger partial charge < -0.3 is 9.41 Å². The Morgan fingerprint density at radius 2 is 1.04 bits per heavy atom. The summed E-state index contributed by atoms with van der Waals surface area (Å²) in [6.07, 6.45) is 1.19. The van der Waals surface area contributed by atoms with E-state index in [1.807, 2.05) is 0 Å². The van der Waals surface area contributed by atoms with E-state index >= 15 is 0 Å². The maximum atomic E-state index is 2.45. The van der Waals surface area contributed by atoms with Crippen molar-refractivity contribution in [1.29, 1.82) is 0 Å². The Labute approximate surface area is 186 Å². The number of benzene rings is 2. The van der Waals surface area contributed by atoms with E-state index in [4.69, 9.17) is 0 Å². The van der Waals surface area contributed by atoms with E-state index in [1.165, 1.54) is 60.6 Å². The molecule has 0 aromatic heterocycles. The van der Waals surface area contributed by atoms with Gasteiger partial charge >= 0.3 is 26.2 Å². The Balaban J connectivity index is 0.00000131. The smallest absolute Gasteiger partial charge is 1.00 e. The van der Waals surface area contributed by atoms with Crippen LogP contribution in [0.15, 0.2) is 48.5 Å². The first-order valence-corrected chi connectivity index (χ1v) is 10.6. The van der Waals surface area contributed by atoms with Crippen LogP contribution in [0.25, 0.3) is 21.5 Å². The third kappa shape index (κ3) is 4.08. The van der Waals surface area contributed by atoms with E-state index in [9.17, 15) is 0 Å². The van der Waals surface area contributed by atoms with E-state index in [2.05, 4.69) is 83.1 Å². The quantitative estimate of drug-likeness (QED) is 0.293. The van der Waals surface area contributed by atoms with Crippen LogP contribution in [0.3, 0.4) is 0 Å². The molecule has 0 radical (unpaired) electrons. The van der Waals surface area contributed by atoms with Crippen molar-refractivity contribution in [2.75, 3.05) is 6.16 Å². The van der Waals surface area contributed by atoms with Crippen molar-refractivity contribution in [2.24, 2.45) is 0 Å². The predicted molar refractivity (Wildman–Crippen MR) is 115 cm³/mol. The van der Waals surface area contributed by atoms with Crippen LogP contribution in [0.5, 0.6) is 0 Å². The number of fused-ring (bicyclic) bond motifs is 2. The summed E-state index contributed by atoms with van der Waals surface area (Å²) in [5, 5.41) is 8.77. The SMILES string of the molecule is CCP(c1cc2c(C)ccc(C)c2[cH-]1)c1cc2c(C)ccc(C)c2[cH-]1.[F-].[F-].[Zr+4]. The van der Waals surface area contributed by atoms with Crippen LogP contribution < -0.4 is 20.0 Å². The van der Waals surface area contributed by atoms with Crippen molar-refractivity contribution >= 4 is 40.1 Å². The zero-order chi connectivity index (χ0) is 17.7. The molecule has 0 heterocycles. The molecule has 0 amide bonds. The molecule has 0 atom stereocenters. The molecule has 28 heavy (non-hydrogen) atoms. The van der Waals surface area contributed by atoms with Crippen molar-refractivity contribution in [3.05, 3.63) is 70.8 Å². The Bertz CT molecular complexity index is 927. The van der Waals surface area contributed by atoms with E-state index in [1.54, 1.807) is 0 Å². The predicted octanol–water partition coefficient (Wildman–Crippen LogP) is 0.123. The topological polar surface area (TPSA) is 0 Å². The number of hydrogen-bond acceptors (Lipinski definition) is 0. The van der Waals surface area contributed by atoms with E-state index < -0.39 is 0 Å². The summed E-state index contributed by atoms with van der Waals surface area (Å²) in [7, 11) is -0.292. The Hall–Kier alpha value is -1.17. The van der Waals surface area contributed by atoms with Crippen molar-refractivity contribution in [1.82, 2.24) is 0 Å². The van der Waals surface area contributed by atoms with Crippen LogP contribution >= 0.6 is 7.92 Å². The van der Waals surface area contributed by atoms with Gasteiger partial charge in [-0.05, 0) is 20.0 Å². The summed E-state index contributed by atoms with van der Waals surface area (Å²) < 4.78 is 0. The standard InChI is InChI=1S/C24H25P.2FH.Zr/c1-6-25(19-11-21-15(2)7-8-16(3)22(21)12-19)20-13-23-17(4)9-10-18(5)24(23)14-20;;;/h7-14H,6H2,1-5H3;2*1H;/q-2;;;+4/p-2.